The van der Waals surface area contributed by atoms with Crippen molar-refractivity contribution in [2.45, 2.75) is 12.2 Å². The summed E-state index contributed by atoms with van der Waals surface area (Å²) in [6, 6.07) is -2.76. The monoisotopic (exact) mass is 335 g/mol. The zero-order chi connectivity index (χ0) is 17.1. The third-order valence-electron chi connectivity index (χ3n) is 2.67. The molecule has 2 N–H and O–H groups in total. The highest BCUT2D eigenvalue weighted by atomic mass is 32.2. The Balaban J connectivity index is 3.75. The molecular weight excluding hydrogens is 323 g/mol. The maximum absolute atomic E-state index is 13.2. The van der Waals surface area contributed by atoms with Crippen molar-refractivity contribution in [2.24, 2.45) is 0 Å². The lowest BCUT2D eigenvalue weighted by atomic mass is 9.95. The summed E-state index contributed by atoms with van der Waals surface area (Å²) in [6.45, 7) is 6.70. The molecule has 5 nitrogen and oxygen atoms in total. The third-order valence-corrected chi connectivity index (χ3v) is 3.42. The lowest BCUT2D eigenvalue weighted by molar-refractivity contribution is -0.164. The minimum atomic E-state index is -5.07. The maximum atomic E-state index is 13.2. The first-order valence-corrected chi connectivity index (χ1v) is 6.79. The number of carboxylic acids is 1. The molecule has 1 aliphatic heterocycles. The highest BCUT2D eigenvalue weighted by Gasteiger charge is 2.52. The molecule has 0 aromatic heterocycles. The standard InChI is InChI=1S/C13H12F3NO4S/c1-3-5-8-7-9(12(18)19)11(13(14,15)16)17(22(20)21)10(8)6-4-2/h3-7,11H,1-2H2,(H,18,19)(H,20,21)/b8-5-,10-6+/t11-/m0/s1. The lowest BCUT2D eigenvalue weighted by Crippen LogP contribution is -2.50. The number of allylic oxidation sites excluding steroid dienone is 5. The number of carbonyl (C=O) groups is 1. The Bertz CT molecular complexity index is 619. The van der Waals surface area contributed by atoms with Gasteiger partial charge in [-0.25, -0.2) is 9.00 Å². The zero-order valence-corrected chi connectivity index (χ0v) is 11.9. The van der Waals surface area contributed by atoms with E-state index in [0.29, 0.717) is 0 Å². The number of rotatable bonds is 4. The lowest BCUT2D eigenvalue weighted by Gasteiger charge is -2.37. The van der Waals surface area contributed by atoms with Crippen LogP contribution >= 0.6 is 0 Å². The molecule has 0 saturated carbocycles. The first-order chi connectivity index (χ1) is 10.1. The van der Waals surface area contributed by atoms with E-state index < -0.39 is 35.0 Å². The molecule has 0 aromatic carbocycles. The first-order valence-electron chi connectivity index (χ1n) is 5.72. The molecule has 0 aliphatic carbocycles. The second-order valence-corrected chi connectivity index (χ2v) is 4.91. The molecule has 9 heteroatoms. The van der Waals surface area contributed by atoms with Crippen LogP contribution in [-0.4, -0.2) is 36.4 Å². The number of carboxylic acid groups (broad SMARTS) is 1. The fourth-order valence-electron chi connectivity index (χ4n) is 1.92. The fourth-order valence-corrected chi connectivity index (χ4v) is 2.67. The summed E-state index contributed by atoms with van der Waals surface area (Å²) in [5.74, 6) is -1.84. The van der Waals surface area contributed by atoms with E-state index in [0.717, 1.165) is 18.2 Å². The summed E-state index contributed by atoms with van der Waals surface area (Å²) < 4.78 is 60.3. The van der Waals surface area contributed by atoms with Gasteiger partial charge in [0.2, 0.25) is 0 Å². The highest BCUT2D eigenvalue weighted by Crippen LogP contribution is 2.39. The molecule has 0 bridgehead atoms. The predicted molar refractivity (Wildman–Crippen MR) is 74.7 cm³/mol. The van der Waals surface area contributed by atoms with E-state index in [-0.39, 0.29) is 15.6 Å². The molecular formula is C13H12F3NO4S. The van der Waals surface area contributed by atoms with Gasteiger partial charge in [-0.05, 0) is 17.7 Å². The Kier molecular flexibility index (Phi) is 5.50. The Morgan fingerprint density at radius 1 is 1.32 bits per heavy atom. The number of nitrogens with zero attached hydrogens (tertiary/aromatic N) is 1. The summed E-state index contributed by atoms with van der Waals surface area (Å²) in [4.78, 5) is 11.1. The van der Waals surface area contributed by atoms with Gasteiger partial charge in [0.05, 0.1) is 11.3 Å². The molecule has 0 spiro atoms. The van der Waals surface area contributed by atoms with E-state index in [1.807, 2.05) is 0 Å². The maximum Gasteiger partial charge on any atom is 0.414 e. The van der Waals surface area contributed by atoms with Crippen LogP contribution < -0.4 is 0 Å². The molecule has 2 atom stereocenters. The van der Waals surface area contributed by atoms with Crippen LogP contribution in [0.15, 0.2) is 60.4 Å². The van der Waals surface area contributed by atoms with Gasteiger partial charge >= 0.3 is 12.1 Å². The number of alkyl halides is 3. The van der Waals surface area contributed by atoms with E-state index in [1.54, 1.807) is 0 Å². The Morgan fingerprint density at radius 2 is 1.86 bits per heavy atom. The Labute approximate surface area is 126 Å². The second kappa shape index (κ2) is 6.75. The van der Waals surface area contributed by atoms with Crippen LogP contribution in [-0.2, 0) is 16.1 Å². The molecule has 1 heterocycles. The number of hydrogen-bond donors (Lipinski definition) is 2. The van der Waals surface area contributed by atoms with Gasteiger partial charge in [-0.1, -0.05) is 31.4 Å². The van der Waals surface area contributed by atoms with Crippen molar-refractivity contribution in [1.29, 1.82) is 0 Å². The van der Waals surface area contributed by atoms with Crippen molar-refractivity contribution in [1.82, 2.24) is 4.31 Å². The van der Waals surface area contributed by atoms with Crippen LogP contribution in [0.4, 0.5) is 13.2 Å². The molecule has 22 heavy (non-hydrogen) atoms. The average molecular weight is 335 g/mol. The Hall–Kier alpha value is -2.13. The van der Waals surface area contributed by atoms with Gasteiger partial charge in [-0.2, -0.15) is 13.2 Å². The molecule has 1 rings (SSSR count). The summed E-state index contributed by atoms with van der Waals surface area (Å²) in [5, 5.41) is 9.01. The zero-order valence-electron chi connectivity index (χ0n) is 11.1. The molecule has 0 fully saturated rings. The smallest absolute Gasteiger partial charge is 0.414 e. The van der Waals surface area contributed by atoms with Crippen molar-refractivity contribution in [3.8, 4) is 0 Å². The average Bonchev–Trinajstić information content (AvgIpc) is 2.38. The topological polar surface area (TPSA) is 77.8 Å². The van der Waals surface area contributed by atoms with Gasteiger partial charge in [-0.3, -0.25) is 8.86 Å². The van der Waals surface area contributed by atoms with Gasteiger partial charge in [0.15, 0.2) is 6.04 Å². The SMILES string of the molecule is C=C/C=C1/C=C(C(=O)O)[C@@H](C(F)(F)F)N(S(=O)O)/C1=C/C=C. The van der Waals surface area contributed by atoms with Crippen LogP contribution in [0.2, 0.25) is 0 Å². The van der Waals surface area contributed by atoms with Gasteiger partial charge in [-0.15, -0.1) is 0 Å². The van der Waals surface area contributed by atoms with Crippen molar-refractivity contribution in [2.75, 3.05) is 0 Å². The van der Waals surface area contributed by atoms with E-state index in [4.69, 9.17) is 5.11 Å². The van der Waals surface area contributed by atoms with Gasteiger partial charge in [0.25, 0.3) is 11.3 Å². The van der Waals surface area contributed by atoms with Crippen LogP contribution in [0.3, 0.4) is 0 Å². The van der Waals surface area contributed by atoms with Crippen LogP contribution in [0.25, 0.3) is 0 Å². The van der Waals surface area contributed by atoms with Crippen molar-refractivity contribution >= 4 is 17.2 Å². The first kappa shape index (κ1) is 17.9. The van der Waals surface area contributed by atoms with Crippen LogP contribution in [0.1, 0.15) is 0 Å². The molecule has 0 aromatic rings. The number of aliphatic carboxylic acids is 1. The highest BCUT2D eigenvalue weighted by molar-refractivity contribution is 7.76. The normalized spacial score (nSPS) is 24.1. The van der Waals surface area contributed by atoms with Gasteiger partial charge in [0.1, 0.15) is 0 Å². The van der Waals surface area contributed by atoms with E-state index in [9.17, 15) is 26.7 Å². The van der Waals surface area contributed by atoms with Crippen LogP contribution in [0.5, 0.6) is 0 Å². The molecule has 0 radical (unpaired) electrons. The number of halogens is 3. The fraction of sp³-hybridized carbons (Fsp3) is 0.154. The minimum absolute atomic E-state index is 0.00444. The largest absolute Gasteiger partial charge is 0.478 e. The second-order valence-electron chi connectivity index (χ2n) is 4.05. The molecule has 1 unspecified atom stereocenters. The van der Waals surface area contributed by atoms with Crippen molar-refractivity contribution < 1.29 is 31.8 Å². The molecule has 0 saturated heterocycles. The predicted octanol–water partition coefficient (Wildman–Crippen LogP) is 2.56. The van der Waals surface area contributed by atoms with Gasteiger partial charge in [0, 0.05) is 0 Å². The van der Waals surface area contributed by atoms with Crippen molar-refractivity contribution in [3.63, 3.8) is 0 Å². The summed E-state index contributed by atoms with van der Waals surface area (Å²) in [7, 11) is 0. The summed E-state index contributed by atoms with van der Waals surface area (Å²) in [6.07, 6.45) is 0.374. The van der Waals surface area contributed by atoms with Gasteiger partial charge < -0.3 is 5.11 Å². The quantitative estimate of drug-likeness (QED) is 0.774. The van der Waals surface area contributed by atoms with Crippen molar-refractivity contribution in [3.05, 3.63) is 60.4 Å². The summed E-state index contributed by atoms with van der Waals surface area (Å²) in [5.41, 5.74) is -1.36. The van der Waals surface area contributed by atoms with E-state index >= 15 is 0 Å². The minimum Gasteiger partial charge on any atom is -0.478 e. The molecule has 1 aliphatic rings. The van der Waals surface area contributed by atoms with Crippen LogP contribution in [0, 0.1) is 0 Å². The third kappa shape index (κ3) is 3.55. The number of hydrogen-bond acceptors (Lipinski definition) is 2. The molecule has 0 amide bonds. The van der Waals surface area contributed by atoms with E-state index in [2.05, 4.69) is 13.2 Å². The molecule has 120 valence electrons. The Morgan fingerprint density at radius 3 is 2.23 bits per heavy atom. The van der Waals surface area contributed by atoms with E-state index in [1.165, 1.54) is 12.2 Å². The summed E-state index contributed by atoms with van der Waals surface area (Å²) >= 11 is -3.10.